The highest BCUT2D eigenvalue weighted by Gasteiger charge is 2.07. The van der Waals surface area contributed by atoms with Crippen LogP contribution in [-0.2, 0) is 6.54 Å². The molecule has 1 aromatic heterocycles. The summed E-state index contributed by atoms with van der Waals surface area (Å²) < 4.78 is 0. The highest BCUT2D eigenvalue weighted by Crippen LogP contribution is 2.08. The minimum absolute atomic E-state index is 0.470. The quantitative estimate of drug-likeness (QED) is 0.294. The Morgan fingerprint density at radius 2 is 2.35 bits per heavy atom. The Kier molecular flexibility index (Phi) is 5.42. The summed E-state index contributed by atoms with van der Waals surface area (Å²) in [6.07, 6.45) is 3.03. The summed E-state index contributed by atoms with van der Waals surface area (Å²) >= 11 is 5.72. The Bertz CT molecular complexity index is 402. The number of rotatable bonds is 4. The molecule has 0 spiro atoms. The SMILES string of the molecule is CCN(Cc1ccc(Cl)nc1)C(C=NO)=NC. The Balaban J connectivity index is 2.79. The molecular formula is C11H15ClN4O. The molecule has 0 amide bonds. The molecule has 0 aromatic carbocycles. The number of hydrogen-bond acceptors (Lipinski definition) is 4. The van der Waals surface area contributed by atoms with Crippen LogP contribution in [0.25, 0.3) is 0 Å². The molecule has 0 atom stereocenters. The van der Waals surface area contributed by atoms with Gasteiger partial charge < -0.3 is 10.1 Å². The molecule has 0 aliphatic carbocycles. The van der Waals surface area contributed by atoms with Gasteiger partial charge in [0.15, 0.2) is 0 Å². The summed E-state index contributed by atoms with van der Waals surface area (Å²) in [7, 11) is 1.65. The molecule has 0 fully saturated rings. The summed E-state index contributed by atoms with van der Waals surface area (Å²) in [6, 6.07) is 3.65. The number of pyridine rings is 1. The summed E-state index contributed by atoms with van der Waals surface area (Å²) in [6.45, 7) is 3.39. The number of aliphatic imine (C=N–C) groups is 1. The van der Waals surface area contributed by atoms with Gasteiger partial charge in [-0.1, -0.05) is 22.8 Å². The lowest BCUT2D eigenvalue weighted by molar-refractivity contribution is 0.321. The van der Waals surface area contributed by atoms with E-state index in [2.05, 4.69) is 15.1 Å². The van der Waals surface area contributed by atoms with Crippen molar-refractivity contribution in [1.29, 1.82) is 0 Å². The number of aromatic nitrogens is 1. The number of hydrogen-bond donors (Lipinski definition) is 1. The van der Waals surface area contributed by atoms with Crippen molar-refractivity contribution >= 4 is 23.7 Å². The van der Waals surface area contributed by atoms with Gasteiger partial charge in [-0.2, -0.15) is 0 Å². The molecule has 0 saturated carbocycles. The molecule has 1 aromatic rings. The minimum atomic E-state index is 0.470. The van der Waals surface area contributed by atoms with E-state index in [9.17, 15) is 0 Å². The van der Waals surface area contributed by atoms with Crippen molar-refractivity contribution in [3.63, 3.8) is 0 Å². The summed E-state index contributed by atoms with van der Waals surface area (Å²) in [4.78, 5) is 10.0. The highest BCUT2D eigenvalue weighted by molar-refractivity contribution is 6.29. The van der Waals surface area contributed by atoms with E-state index in [1.165, 1.54) is 6.21 Å². The third kappa shape index (κ3) is 4.03. The molecule has 17 heavy (non-hydrogen) atoms. The fourth-order valence-corrected chi connectivity index (χ4v) is 1.52. The second-order valence-electron chi connectivity index (χ2n) is 3.33. The monoisotopic (exact) mass is 254 g/mol. The van der Waals surface area contributed by atoms with Crippen LogP contribution in [0.15, 0.2) is 28.5 Å². The number of halogens is 1. The van der Waals surface area contributed by atoms with Crippen LogP contribution in [0.5, 0.6) is 0 Å². The normalized spacial score (nSPS) is 12.1. The van der Waals surface area contributed by atoms with Gasteiger partial charge >= 0.3 is 0 Å². The predicted octanol–water partition coefficient (Wildman–Crippen LogP) is 2.05. The van der Waals surface area contributed by atoms with Crippen LogP contribution in [0.4, 0.5) is 0 Å². The van der Waals surface area contributed by atoms with E-state index in [0.29, 0.717) is 17.5 Å². The third-order valence-corrected chi connectivity index (χ3v) is 2.49. The first-order valence-corrected chi connectivity index (χ1v) is 5.58. The van der Waals surface area contributed by atoms with Crippen LogP contribution in [0.3, 0.4) is 0 Å². The predicted molar refractivity (Wildman–Crippen MR) is 69.0 cm³/mol. The van der Waals surface area contributed by atoms with Gasteiger partial charge in [0.2, 0.25) is 0 Å². The second-order valence-corrected chi connectivity index (χ2v) is 3.72. The van der Waals surface area contributed by atoms with Gasteiger partial charge in [0.05, 0.1) is 0 Å². The largest absolute Gasteiger partial charge is 0.411 e. The molecule has 0 radical (unpaired) electrons. The zero-order chi connectivity index (χ0) is 12.7. The molecular weight excluding hydrogens is 240 g/mol. The molecule has 0 aliphatic heterocycles. The third-order valence-electron chi connectivity index (χ3n) is 2.27. The molecule has 6 heteroatoms. The molecule has 0 saturated heterocycles. The maximum absolute atomic E-state index is 8.55. The van der Waals surface area contributed by atoms with Gasteiger partial charge in [0.25, 0.3) is 0 Å². The van der Waals surface area contributed by atoms with Crippen molar-refractivity contribution in [2.45, 2.75) is 13.5 Å². The zero-order valence-corrected chi connectivity index (χ0v) is 10.6. The van der Waals surface area contributed by atoms with Crippen LogP contribution < -0.4 is 0 Å². The molecule has 92 valence electrons. The van der Waals surface area contributed by atoms with Crippen molar-refractivity contribution in [2.75, 3.05) is 13.6 Å². The van der Waals surface area contributed by atoms with Crippen molar-refractivity contribution in [3.05, 3.63) is 29.0 Å². The summed E-state index contributed by atoms with van der Waals surface area (Å²) in [5.74, 6) is 0.616. The van der Waals surface area contributed by atoms with Gasteiger partial charge in [-0.3, -0.25) is 4.99 Å². The smallest absolute Gasteiger partial charge is 0.145 e. The topological polar surface area (TPSA) is 61.1 Å². The summed E-state index contributed by atoms with van der Waals surface area (Å²) in [5.41, 5.74) is 1.02. The number of nitrogens with zero attached hydrogens (tertiary/aromatic N) is 4. The van der Waals surface area contributed by atoms with Gasteiger partial charge in [-0.05, 0) is 18.6 Å². The van der Waals surface area contributed by atoms with Crippen LogP contribution >= 0.6 is 11.6 Å². The molecule has 1 heterocycles. The first-order chi connectivity index (χ1) is 8.21. The number of oxime groups is 1. The van der Waals surface area contributed by atoms with E-state index in [0.717, 1.165) is 12.1 Å². The second kappa shape index (κ2) is 6.85. The minimum Gasteiger partial charge on any atom is -0.411 e. The van der Waals surface area contributed by atoms with Crippen molar-refractivity contribution in [3.8, 4) is 0 Å². The fraction of sp³-hybridized carbons (Fsp3) is 0.364. The van der Waals surface area contributed by atoms with E-state index >= 15 is 0 Å². The lowest BCUT2D eigenvalue weighted by Gasteiger charge is -2.21. The zero-order valence-electron chi connectivity index (χ0n) is 9.84. The molecule has 5 nitrogen and oxygen atoms in total. The van der Waals surface area contributed by atoms with Crippen molar-refractivity contribution in [1.82, 2.24) is 9.88 Å². The molecule has 1 rings (SSSR count). The van der Waals surface area contributed by atoms with Gasteiger partial charge in [-0.25, -0.2) is 4.98 Å². The molecule has 0 bridgehead atoms. The van der Waals surface area contributed by atoms with Gasteiger partial charge in [-0.15, -0.1) is 0 Å². The van der Waals surface area contributed by atoms with Crippen LogP contribution in [-0.4, -0.2) is 40.7 Å². The van der Waals surface area contributed by atoms with Crippen molar-refractivity contribution in [2.24, 2.45) is 10.1 Å². The first-order valence-electron chi connectivity index (χ1n) is 5.20. The molecule has 0 aliphatic rings. The number of amidine groups is 1. The van der Waals surface area contributed by atoms with Crippen LogP contribution in [0.2, 0.25) is 5.15 Å². The van der Waals surface area contributed by atoms with E-state index < -0.39 is 0 Å². The van der Waals surface area contributed by atoms with Crippen LogP contribution in [0.1, 0.15) is 12.5 Å². The van der Waals surface area contributed by atoms with E-state index in [1.807, 2.05) is 17.9 Å². The Labute approximate surface area is 105 Å². The highest BCUT2D eigenvalue weighted by atomic mass is 35.5. The average Bonchev–Trinajstić information content (AvgIpc) is 2.36. The van der Waals surface area contributed by atoms with Crippen LogP contribution in [0, 0.1) is 0 Å². The van der Waals surface area contributed by atoms with Gasteiger partial charge in [0.1, 0.15) is 17.2 Å². The van der Waals surface area contributed by atoms with Crippen molar-refractivity contribution < 1.29 is 5.21 Å². The molecule has 1 N–H and O–H groups in total. The van der Waals surface area contributed by atoms with E-state index in [4.69, 9.17) is 16.8 Å². The Hall–Kier alpha value is -1.62. The average molecular weight is 255 g/mol. The Morgan fingerprint density at radius 3 is 2.82 bits per heavy atom. The van der Waals surface area contributed by atoms with E-state index in [-0.39, 0.29) is 0 Å². The Morgan fingerprint density at radius 1 is 1.59 bits per heavy atom. The molecule has 0 unspecified atom stereocenters. The summed E-state index contributed by atoms with van der Waals surface area (Å²) in [5, 5.41) is 12.0. The maximum atomic E-state index is 8.55. The van der Waals surface area contributed by atoms with Gasteiger partial charge in [0, 0.05) is 26.3 Å². The fourth-order valence-electron chi connectivity index (χ4n) is 1.41. The standard InChI is InChI=1S/C11H15ClN4O/c1-3-16(11(13-2)7-15-17)8-9-4-5-10(12)14-6-9/h4-7,17H,3,8H2,1-2H3. The lowest BCUT2D eigenvalue weighted by Crippen LogP contribution is -2.31. The lowest BCUT2D eigenvalue weighted by atomic mass is 10.2. The first kappa shape index (κ1) is 13.4. The maximum Gasteiger partial charge on any atom is 0.145 e. The van der Waals surface area contributed by atoms with E-state index in [1.54, 1.807) is 19.3 Å².